The maximum Gasteiger partial charge on any atom is 0.0485 e. The molecule has 0 amide bonds. The molecule has 1 nitrogen and oxygen atoms in total. The quantitative estimate of drug-likeness (QED) is 0.753. The van der Waals surface area contributed by atoms with Gasteiger partial charge in [0.25, 0.3) is 0 Å². The van der Waals surface area contributed by atoms with Crippen molar-refractivity contribution in [3.05, 3.63) is 28.2 Å². The summed E-state index contributed by atoms with van der Waals surface area (Å²) in [6.45, 7) is 4.34. The number of halogens is 2. The van der Waals surface area contributed by atoms with Gasteiger partial charge in [-0.05, 0) is 31.5 Å². The highest BCUT2D eigenvalue weighted by atomic mass is 79.9. The Balaban J connectivity index is 2.96. The summed E-state index contributed by atoms with van der Waals surface area (Å²) in [5.41, 5.74) is 2.34. The Labute approximate surface area is 99.2 Å². The number of hydrogen-bond acceptors (Lipinski definition) is 1. The van der Waals surface area contributed by atoms with Gasteiger partial charge in [0.2, 0.25) is 0 Å². The van der Waals surface area contributed by atoms with E-state index >= 15 is 0 Å². The summed E-state index contributed by atoms with van der Waals surface area (Å²) in [4.78, 5) is 2.22. The summed E-state index contributed by atoms with van der Waals surface area (Å²) in [7, 11) is 2.09. The number of benzene rings is 1. The van der Waals surface area contributed by atoms with Gasteiger partial charge in [0, 0.05) is 29.1 Å². The first-order valence-corrected chi connectivity index (χ1v) is 5.96. The Morgan fingerprint density at radius 1 is 1.43 bits per heavy atom. The summed E-state index contributed by atoms with van der Waals surface area (Å²) in [6, 6.07) is 6.77. The lowest BCUT2D eigenvalue weighted by Gasteiger charge is -2.24. The third-order valence-corrected chi connectivity index (χ3v) is 3.39. The third kappa shape index (κ3) is 2.64. The van der Waals surface area contributed by atoms with Crippen LogP contribution in [-0.2, 0) is 5.88 Å². The minimum absolute atomic E-state index is 0.503. The van der Waals surface area contributed by atoms with E-state index < -0.39 is 0 Å². The molecule has 0 atom stereocenters. The number of alkyl halides is 1. The summed E-state index contributed by atoms with van der Waals surface area (Å²) < 4.78 is 1.08. The minimum Gasteiger partial charge on any atom is -0.372 e. The molecule has 3 heteroatoms. The molecule has 0 N–H and O–H groups in total. The lowest BCUT2D eigenvalue weighted by atomic mass is 10.2. The molecular weight excluding hydrogens is 261 g/mol. The maximum atomic E-state index is 5.78. The van der Waals surface area contributed by atoms with Gasteiger partial charge in [-0.15, -0.1) is 11.6 Å². The van der Waals surface area contributed by atoms with Crippen molar-refractivity contribution in [3.63, 3.8) is 0 Å². The van der Waals surface area contributed by atoms with E-state index in [0.717, 1.165) is 10.0 Å². The fraction of sp³-hybridized carbons (Fsp3) is 0.455. The largest absolute Gasteiger partial charge is 0.372 e. The molecule has 0 radical (unpaired) electrons. The van der Waals surface area contributed by atoms with Gasteiger partial charge < -0.3 is 4.90 Å². The molecule has 0 aliphatic carbocycles. The summed E-state index contributed by atoms with van der Waals surface area (Å²) >= 11 is 9.30. The Hall–Kier alpha value is -0.210. The average Bonchev–Trinajstić information content (AvgIpc) is 2.16. The van der Waals surface area contributed by atoms with Crippen LogP contribution in [-0.4, -0.2) is 13.1 Å². The van der Waals surface area contributed by atoms with Gasteiger partial charge in [-0.2, -0.15) is 0 Å². The molecule has 0 spiro atoms. The van der Waals surface area contributed by atoms with Crippen LogP contribution in [0.2, 0.25) is 0 Å². The van der Waals surface area contributed by atoms with Crippen molar-refractivity contribution in [2.75, 3.05) is 11.9 Å². The van der Waals surface area contributed by atoms with Crippen molar-refractivity contribution < 1.29 is 0 Å². The fourth-order valence-electron chi connectivity index (χ4n) is 1.16. The molecule has 78 valence electrons. The van der Waals surface area contributed by atoms with Crippen LogP contribution < -0.4 is 4.90 Å². The van der Waals surface area contributed by atoms with E-state index in [1.165, 1.54) is 5.69 Å². The molecule has 0 saturated heterocycles. The van der Waals surface area contributed by atoms with E-state index in [1.807, 2.05) is 0 Å². The van der Waals surface area contributed by atoms with E-state index in [0.29, 0.717) is 11.9 Å². The number of hydrogen-bond donors (Lipinski definition) is 0. The van der Waals surface area contributed by atoms with Gasteiger partial charge in [-0.25, -0.2) is 0 Å². The van der Waals surface area contributed by atoms with Gasteiger partial charge in [-0.1, -0.05) is 22.0 Å². The highest BCUT2D eigenvalue weighted by Gasteiger charge is 2.06. The van der Waals surface area contributed by atoms with Crippen LogP contribution >= 0.6 is 27.5 Å². The molecule has 0 fully saturated rings. The van der Waals surface area contributed by atoms with Gasteiger partial charge in [-0.3, -0.25) is 0 Å². The third-order valence-electron chi connectivity index (χ3n) is 2.36. The molecule has 14 heavy (non-hydrogen) atoms. The van der Waals surface area contributed by atoms with Crippen LogP contribution in [0.3, 0.4) is 0 Å². The smallest absolute Gasteiger partial charge is 0.0485 e. The van der Waals surface area contributed by atoms with Crippen molar-refractivity contribution in [1.29, 1.82) is 0 Å². The lowest BCUT2D eigenvalue weighted by molar-refractivity contribution is 0.754. The van der Waals surface area contributed by atoms with Crippen molar-refractivity contribution in [2.24, 2.45) is 0 Å². The zero-order valence-corrected chi connectivity index (χ0v) is 11.1. The Bertz CT molecular complexity index is 312. The normalized spacial score (nSPS) is 10.7. The van der Waals surface area contributed by atoms with E-state index in [-0.39, 0.29) is 0 Å². The van der Waals surface area contributed by atoms with Gasteiger partial charge in [0.05, 0.1) is 0 Å². The van der Waals surface area contributed by atoms with E-state index in [9.17, 15) is 0 Å². The number of rotatable bonds is 3. The van der Waals surface area contributed by atoms with E-state index in [2.05, 4.69) is 59.9 Å². The molecule has 0 aliphatic rings. The first kappa shape index (κ1) is 11.9. The highest BCUT2D eigenvalue weighted by Crippen LogP contribution is 2.25. The summed E-state index contributed by atoms with van der Waals surface area (Å²) in [5.74, 6) is 0.548. The number of anilines is 1. The molecule has 0 unspecified atom stereocenters. The predicted molar refractivity (Wildman–Crippen MR) is 67.2 cm³/mol. The summed E-state index contributed by atoms with van der Waals surface area (Å²) in [5, 5.41) is 0. The zero-order valence-electron chi connectivity index (χ0n) is 8.72. The molecule has 1 aromatic rings. The zero-order chi connectivity index (χ0) is 10.7. The van der Waals surface area contributed by atoms with E-state index in [4.69, 9.17) is 11.6 Å². The van der Waals surface area contributed by atoms with Crippen molar-refractivity contribution >= 4 is 33.2 Å². The topological polar surface area (TPSA) is 3.24 Å². The average molecular weight is 277 g/mol. The summed E-state index contributed by atoms with van der Waals surface area (Å²) in [6.07, 6.45) is 0. The molecule has 1 rings (SSSR count). The van der Waals surface area contributed by atoms with Gasteiger partial charge in [0.15, 0.2) is 0 Å². The fourth-order valence-corrected chi connectivity index (χ4v) is 2.06. The molecule has 0 aromatic heterocycles. The van der Waals surface area contributed by atoms with Crippen LogP contribution in [0.1, 0.15) is 19.4 Å². The molecule has 0 heterocycles. The Morgan fingerprint density at radius 3 is 2.50 bits per heavy atom. The number of nitrogens with zero attached hydrogens (tertiary/aromatic N) is 1. The van der Waals surface area contributed by atoms with Gasteiger partial charge >= 0.3 is 0 Å². The molecule has 0 bridgehead atoms. The Morgan fingerprint density at radius 2 is 2.07 bits per heavy atom. The first-order valence-electron chi connectivity index (χ1n) is 4.63. The van der Waals surface area contributed by atoms with Crippen LogP contribution in [0.4, 0.5) is 5.69 Å². The monoisotopic (exact) mass is 275 g/mol. The minimum atomic E-state index is 0.503. The molecule has 0 aliphatic heterocycles. The standard InChI is InChI=1S/C11H15BrClN/c1-8(2)14(3)10-5-4-9(7-13)11(12)6-10/h4-6,8H,7H2,1-3H3. The van der Waals surface area contributed by atoms with Crippen molar-refractivity contribution in [2.45, 2.75) is 25.8 Å². The predicted octanol–water partition coefficient (Wildman–Crippen LogP) is 4.03. The highest BCUT2D eigenvalue weighted by molar-refractivity contribution is 9.10. The molecular formula is C11H15BrClN. The maximum absolute atomic E-state index is 5.78. The second kappa shape index (κ2) is 5.04. The van der Waals surface area contributed by atoms with Crippen LogP contribution in [0, 0.1) is 0 Å². The molecule has 1 aromatic carbocycles. The Kier molecular flexibility index (Phi) is 4.27. The van der Waals surface area contributed by atoms with Crippen molar-refractivity contribution in [3.8, 4) is 0 Å². The van der Waals surface area contributed by atoms with Crippen LogP contribution in [0.25, 0.3) is 0 Å². The first-order chi connectivity index (χ1) is 6.56. The SMILES string of the molecule is CC(C)N(C)c1ccc(CCl)c(Br)c1. The second-order valence-corrected chi connectivity index (χ2v) is 4.74. The van der Waals surface area contributed by atoms with E-state index in [1.54, 1.807) is 0 Å². The second-order valence-electron chi connectivity index (χ2n) is 3.61. The molecule has 0 saturated carbocycles. The van der Waals surface area contributed by atoms with Crippen LogP contribution in [0.5, 0.6) is 0 Å². The van der Waals surface area contributed by atoms with Crippen molar-refractivity contribution in [1.82, 2.24) is 0 Å². The van der Waals surface area contributed by atoms with Crippen LogP contribution in [0.15, 0.2) is 22.7 Å². The van der Waals surface area contributed by atoms with Gasteiger partial charge in [0.1, 0.15) is 0 Å². The lowest BCUT2D eigenvalue weighted by Crippen LogP contribution is -2.25.